The Balaban J connectivity index is 2.47. The zero-order chi connectivity index (χ0) is 17.9. The monoisotopic (exact) mass is 337 g/mol. The minimum atomic E-state index is -1.11. The second-order valence-electron chi connectivity index (χ2n) is 5.26. The second kappa shape index (κ2) is 10.2. The molecule has 0 saturated carbocycles. The average molecular weight is 337 g/mol. The molecule has 5 N–H and O–H groups in total. The number of carboxylic acids is 1. The highest BCUT2D eigenvalue weighted by Gasteiger charge is 2.23. The zero-order valence-corrected chi connectivity index (χ0v) is 13.5. The predicted octanol–water partition coefficient (Wildman–Crippen LogP) is 0.496. The maximum atomic E-state index is 12.0. The molecule has 0 fully saturated rings. The van der Waals surface area contributed by atoms with Gasteiger partial charge < -0.3 is 25.9 Å². The Kier molecular flexibility index (Phi) is 8.28. The minimum Gasteiger partial charge on any atom is -0.480 e. The largest absolute Gasteiger partial charge is 0.480 e. The van der Waals surface area contributed by atoms with Crippen molar-refractivity contribution in [3.05, 3.63) is 30.2 Å². The summed E-state index contributed by atoms with van der Waals surface area (Å²) in [6, 6.07) is 1.50. The molecule has 0 aromatic carbocycles. The number of hydrogen-bond acceptors (Lipinski definition) is 5. The lowest BCUT2D eigenvalue weighted by Crippen LogP contribution is -2.50. The number of nitrogens with two attached hydrogens (primary N) is 1. The summed E-state index contributed by atoms with van der Waals surface area (Å²) in [7, 11) is 0. The SMILES string of the molecule is C[C@H](NC(=O)/C=C\c1ccco1)C(=O)N[C@@H](CCCCN)C(=O)O. The van der Waals surface area contributed by atoms with Crippen LogP contribution in [0.2, 0.25) is 0 Å². The van der Waals surface area contributed by atoms with E-state index in [-0.39, 0.29) is 6.42 Å². The topological polar surface area (TPSA) is 135 Å². The number of carboxylic acid groups (broad SMARTS) is 1. The van der Waals surface area contributed by atoms with Crippen LogP contribution in [0.3, 0.4) is 0 Å². The third kappa shape index (κ3) is 7.10. The summed E-state index contributed by atoms with van der Waals surface area (Å²) >= 11 is 0. The molecular formula is C16H23N3O5. The molecule has 0 spiro atoms. The van der Waals surface area contributed by atoms with Crippen LogP contribution in [0.25, 0.3) is 6.08 Å². The van der Waals surface area contributed by atoms with E-state index in [0.717, 1.165) is 0 Å². The van der Waals surface area contributed by atoms with Crippen molar-refractivity contribution in [2.24, 2.45) is 5.73 Å². The van der Waals surface area contributed by atoms with Crippen molar-refractivity contribution >= 4 is 23.9 Å². The van der Waals surface area contributed by atoms with E-state index >= 15 is 0 Å². The summed E-state index contributed by atoms with van der Waals surface area (Å²) < 4.78 is 5.04. The van der Waals surface area contributed by atoms with Crippen LogP contribution in [0.15, 0.2) is 28.9 Å². The van der Waals surface area contributed by atoms with E-state index < -0.39 is 29.9 Å². The zero-order valence-electron chi connectivity index (χ0n) is 13.5. The normalized spacial score (nSPS) is 13.4. The highest BCUT2D eigenvalue weighted by Crippen LogP contribution is 2.03. The number of amides is 2. The molecule has 1 aromatic rings. The van der Waals surface area contributed by atoms with Gasteiger partial charge in [0.05, 0.1) is 6.26 Å². The van der Waals surface area contributed by atoms with Crippen molar-refractivity contribution in [1.82, 2.24) is 10.6 Å². The van der Waals surface area contributed by atoms with Crippen LogP contribution < -0.4 is 16.4 Å². The van der Waals surface area contributed by atoms with E-state index in [9.17, 15) is 14.4 Å². The minimum absolute atomic E-state index is 0.289. The molecule has 132 valence electrons. The van der Waals surface area contributed by atoms with Crippen LogP contribution in [0.4, 0.5) is 0 Å². The Morgan fingerprint density at radius 3 is 2.67 bits per heavy atom. The van der Waals surface area contributed by atoms with E-state index in [1.807, 2.05) is 0 Å². The molecule has 2 amide bonds. The number of furan rings is 1. The van der Waals surface area contributed by atoms with E-state index in [1.54, 1.807) is 12.1 Å². The summed E-state index contributed by atoms with van der Waals surface area (Å²) in [5.41, 5.74) is 5.36. The Bertz CT molecular complexity index is 568. The molecule has 8 heteroatoms. The predicted molar refractivity (Wildman–Crippen MR) is 87.8 cm³/mol. The number of hydrogen-bond donors (Lipinski definition) is 4. The smallest absolute Gasteiger partial charge is 0.326 e. The first-order valence-corrected chi connectivity index (χ1v) is 7.69. The highest BCUT2D eigenvalue weighted by atomic mass is 16.4. The van der Waals surface area contributed by atoms with Gasteiger partial charge in [0.15, 0.2) is 0 Å². The van der Waals surface area contributed by atoms with Gasteiger partial charge in [-0.1, -0.05) is 0 Å². The third-order valence-electron chi connectivity index (χ3n) is 3.26. The maximum Gasteiger partial charge on any atom is 0.326 e. The van der Waals surface area contributed by atoms with Crippen molar-refractivity contribution < 1.29 is 23.9 Å². The molecule has 0 bridgehead atoms. The summed E-state index contributed by atoms with van der Waals surface area (Å²) in [6.07, 6.45) is 5.75. The number of aliphatic carboxylic acids is 1. The lowest BCUT2D eigenvalue weighted by Gasteiger charge is -2.18. The molecule has 0 unspecified atom stereocenters. The molecule has 8 nitrogen and oxygen atoms in total. The fourth-order valence-corrected chi connectivity index (χ4v) is 1.92. The maximum absolute atomic E-state index is 12.0. The Morgan fingerprint density at radius 2 is 2.08 bits per heavy atom. The van der Waals surface area contributed by atoms with Gasteiger partial charge in [0.2, 0.25) is 11.8 Å². The quantitative estimate of drug-likeness (QED) is 0.363. The van der Waals surface area contributed by atoms with Gasteiger partial charge in [-0.05, 0) is 50.9 Å². The van der Waals surface area contributed by atoms with Gasteiger partial charge in [-0.3, -0.25) is 9.59 Å². The van der Waals surface area contributed by atoms with E-state index in [1.165, 1.54) is 25.3 Å². The molecule has 24 heavy (non-hydrogen) atoms. The van der Waals surface area contributed by atoms with Gasteiger partial charge in [0, 0.05) is 6.08 Å². The van der Waals surface area contributed by atoms with Crippen LogP contribution >= 0.6 is 0 Å². The second-order valence-corrected chi connectivity index (χ2v) is 5.26. The standard InChI is InChI=1S/C16H23N3O5/c1-11(18-14(20)8-7-12-5-4-10-24-12)15(21)19-13(16(22)23)6-2-3-9-17/h4-5,7-8,10-11,13H,2-3,6,9,17H2,1H3,(H,18,20)(H,19,21)(H,22,23)/b8-7-/t11-,13-/m0/s1. The van der Waals surface area contributed by atoms with Crippen LogP contribution in [0.5, 0.6) is 0 Å². The Labute approximate surface area is 140 Å². The summed E-state index contributed by atoms with van der Waals surface area (Å²) in [5, 5.41) is 14.0. The van der Waals surface area contributed by atoms with E-state index in [4.69, 9.17) is 15.3 Å². The molecule has 0 aliphatic carbocycles. The summed E-state index contributed by atoms with van der Waals surface area (Å²) in [5.74, 6) is -1.65. The first kappa shape index (κ1) is 19.4. The van der Waals surface area contributed by atoms with Gasteiger partial charge in [0.25, 0.3) is 0 Å². The van der Waals surface area contributed by atoms with E-state index in [2.05, 4.69) is 10.6 Å². The van der Waals surface area contributed by atoms with Gasteiger partial charge >= 0.3 is 5.97 Å². The molecule has 1 heterocycles. The van der Waals surface area contributed by atoms with Gasteiger partial charge in [-0.2, -0.15) is 0 Å². The number of nitrogens with one attached hydrogen (secondary N) is 2. The van der Waals surface area contributed by atoms with Crippen molar-refractivity contribution in [2.75, 3.05) is 6.54 Å². The fraction of sp³-hybridized carbons (Fsp3) is 0.438. The van der Waals surface area contributed by atoms with Gasteiger partial charge in [0.1, 0.15) is 17.8 Å². The van der Waals surface area contributed by atoms with Crippen LogP contribution in [-0.4, -0.2) is 41.5 Å². The molecule has 0 aliphatic rings. The molecule has 0 aliphatic heterocycles. The number of carbonyl (C=O) groups is 3. The van der Waals surface area contributed by atoms with Gasteiger partial charge in [-0.25, -0.2) is 4.79 Å². The molecule has 0 radical (unpaired) electrons. The Morgan fingerprint density at radius 1 is 1.33 bits per heavy atom. The first-order valence-electron chi connectivity index (χ1n) is 7.69. The van der Waals surface area contributed by atoms with Crippen LogP contribution in [-0.2, 0) is 14.4 Å². The molecule has 2 atom stereocenters. The lowest BCUT2D eigenvalue weighted by atomic mass is 10.1. The van der Waals surface area contributed by atoms with Crippen molar-refractivity contribution in [2.45, 2.75) is 38.3 Å². The summed E-state index contributed by atoms with van der Waals surface area (Å²) in [4.78, 5) is 34.9. The molecular weight excluding hydrogens is 314 g/mol. The number of unbranched alkanes of at least 4 members (excludes halogenated alkanes) is 1. The third-order valence-corrected chi connectivity index (χ3v) is 3.26. The Hall–Kier alpha value is -2.61. The molecule has 1 rings (SSSR count). The fourth-order valence-electron chi connectivity index (χ4n) is 1.92. The summed E-state index contributed by atoms with van der Waals surface area (Å²) in [6.45, 7) is 1.95. The van der Waals surface area contributed by atoms with Crippen molar-refractivity contribution in [3.63, 3.8) is 0 Å². The van der Waals surface area contributed by atoms with Crippen LogP contribution in [0.1, 0.15) is 31.9 Å². The average Bonchev–Trinajstić information content (AvgIpc) is 3.05. The van der Waals surface area contributed by atoms with Crippen molar-refractivity contribution in [1.29, 1.82) is 0 Å². The lowest BCUT2D eigenvalue weighted by molar-refractivity contribution is -0.142. The van der Waals surface area contributed by atoms with Crippen LogP contribution in [0, 0.1) is 0 Å². The first-order chi connectivity index (χ1) is 11.4. The van der Waals surface area contributed by atoms with Crippen molar-refractivity contribution in [3.8, 4) is 0 Å². The number of rotatable bonds is 10. The molecule has 1 aromatic heterocycles. The number of carbonyl (C=O) groups excluding carboxylic acids is 2. The molecule has 0 saturated heterocycles. The highest BCUT2D eigenvalue weighted by molar-refractivity contribution is 5.95. The van der Waals surface area contributed by atoms with Gasteiger partial charge in [-0.15, -0.1) is 0 Å². The van der Waals surface area contributed by atoms with E-state index in [0.29, 0.717) is 25.1 Å².